The lowest BCUT2D eigenvalue weighted by molar-refractivity contribution is -0.274. The lowest BCUT2D eigenvalue weighted by atomic mass is 9.93. The first-order chi connectivity index (χ1) is 11.9. The van der Waals surface area contributed by atoms with E-state index in [2.05, 4.69) is 15.4 Å². The van der Waals surface area contributed by atoms with Crippen LogP contribution in [0.2, 0.25) is 0 Å². The van der Waals surface area contributed by atoms with Gasteiger partial charge in [0.2, 0.25) is 0 Å². The van der Waals surface area contributed by atoms with Gasteiger partial charge < -0.3 is 15.4 Å². The minimum absolute atomic E-state index is 0.242. The lowest BCUT2D eigenvalue weighted by Crippen LogP contribution is -2.18. The Kier molecular flexibility index (Phi) is 4.94. The van der Waals surface area contributed by atoms with E-state index < -0.39 is 6.36 Å². The molecule has 2 aromatic carbocycles. The summed E-state index contributed by atoms with van der Waals surface area (Å²) >= 11 is 0. The summed E-state index contributed by atoms with van der Waals surface area (Å²) in [5, 5.41) is 5.90. The summed E-state index contributed by atoms with van der Waals surface area (Å²) < 4.78 is 40.8. The van der Waals surface area contributed by atoms with Crippen molar-refractivity contribution in [2.24, 2.45) is 0 Å². The quantitative estimate of drug-likeness (QED) is 0.879. The summed E-state index contributed by atoms with van der Waals surface area (Å²) in [6, 6.07) is 12.5. The fourth-order valence-corrected chi connectivity index (χ4v) is 2.95. The van der Waals surface area contributed by atoms with Crippen molar-refractivity contribution in [3.63, 3.8) is 0 Å². The molecule has 0 unspecified atom stereocenters. The third-order valence-electron chi connectivity index (χ3n) is 4.03. The molecule has 0 spiro atoms. The number of alkyl halides is 3. The average molecular weight is 350 g/mol. The van der Waals surface area contributed by atoms with Gasteiger partial charge in [0.15, 0.2) is 0 Å². The molecule has 7 heteroatoms. The van der Waals surface area contributed by atoms with E-state index in [1.54, 1.807) is 12.1 Å². The molecule has 25 heavy (non-hydrogen) atoms. The molecule has 2 aromatic rings. The fourth-order valence-electron chi connectivity index (χ4n) is 2.95. The fraction of sp³-hybridized carbons (Fsp3) is 0.278. The number of carbonyl (C=O) groups excluding carboxylic acids is 1. The molecule has 3 rings (SSSR count). The zero-order valence-corrected chi connectivity index (χ0v) is 13.3. The third kappa shape index (κ3) is 4.51. The van der Waals surface area contributed by atoms with Crippen LogP contribution < -0.4 is 15.4 Å². The molecule has 0 bridgehead atoms. The molecule has 1 aliphatic heterocycles. The predicted octanol–water partition coefficient (Wildman–Crippen LogP) is 3.91. The van der Waals surface area contributed by atoms with E-state index in [0.29, 0.717) is 5.56 Å². The van der Waals surface area contributed by atoms with Gasteiger partial charge in [0.05, 0.1) is 0 Å². The van der Waals surface area contributed by atoms with Crippen LogP contribution >= 0.6 is 0 Å². The summed E-state index contributed by atoms with van der Waals surface area (Å²) in [7, 11) is 0. The Morgan fingerprint density at radius 1 is 1.16 bits per heavy atom. The van der Waals surface area contributed by atoms with Crippen LogP contribution in [0.15, 0.2) is 48.5 Å². The van der Waals surface area contributed by atoms with Crippen molar-refractivity contribution in [1.29, 1.82) is 0 Å². The zero-order chi connectivity index (χ0) is 17.9. The van der Waals surface area contributed by atoms with E-state index >= 15 is 0 Å². The molecule has 0 aliphatic carbocycles. The van der Waals surface area contributed by atoms with E-state index in [1.165, 1.54) is 18.2 Å². The van der Waals surface area contributed by atoms with Crippen molar-refractivity contribution in [2.75, 3.05) is 18.4 Å². The number of anilines is 1. The monoisotopic (exact) mass is 350 g/mol. The number of benzene rings is 2. The number of ether oxygens (including phenoxy) is 1. The van der Waals surface area contributed by atoms with Gasteiger partial charge in [-0.15, -0.1) is 13.2 Å². The Balaban J connectivity index is 1.78. The highest BCUT2D eigenvalue weighted by Crippen LogP contribution is 2.28. The Hall–Kier alpha value is -2.54. The molecule has 1 amide bonds. The highest BCUT2D eigenvalue weighted by atomic mass is 19.4. The van der Waals surface area contributed by atoms with E-state index in [0.717, 1.165) is 31.1 Å². The largest absolute Gasteiger partial charge is 0.573 e. The molecule has 1 heterocycles. The van der Waals surface area contributed by atoms with Crippen LogP contribution in [0.25, 0.3) is 0 Å². The molecule has 0 radical (unpaired) electrons. The number of hydrogen-bond acceptors (Lipinski definition) is 3. The molecular formula is C18H17F3N2O2. The number of carbonyl (C=O) groups is 1. The van der Waals surface area contributed by atoms with Gasteiger partial charge in [-0.1, -0.05) is 24.3 Å². The first kappa shape index (κ1) is 17.3. The standard InChI is InChI=1S/C18H17F3N2O2/c19-18(20,21)25-14-5-3-4-13(10-14)23-17(24)16-7-2-1-6-15(16)12-8-9-22-11-12/h1-7,10,12,22H,8-9,11H2,(H,23,24)/t12-/m1/s1. The second-order valence-electron chi connectivity index (χ2n) is 5.81. The summed E-state index contributed by atoms with van der Waals surface area (Å²) in [5.74, 6) is -0.480. The summed E-state index contributed by atoms with van der Waals surface area (Å²) in [6.45, 7) is 1.71. The van der Waals surface area contributed by atoms with Crippen molar-refractivity contribution in [2.45, 2.75) is 18.7 Å². The Morgan fingerprint density at radius 2 is 1.96 bits per heavy atom. The van der Waals surface area contributed by atoms with Gasteiger partial charge in [0, 0.05) is 23.9 Å². The number of rotatable bonds is 4. The van der Waals surface area contributed by atoms with Gasteiger partial charge in [-0.05, 0) is 42.6 Å². The van der Waals surface area contributed by atoms with Crippen molar-refractivity contribution < 1.29 is 22.7 Å². The summed E-state index contributed by atoms with van der Waals surface area (Å²) in [4.78, 5) is 12.6. The SMILES string of the molecule is O=C(Nc1cccc(OC(F)(F)F)c1)c1ccccc1[C@@H]1CCNC1. The molecule has 1 fully saturated rings. The third-order valence-corrected chi connectivity index (χ3v) is 4.03. The maximum atomic E-state index is 12.6. The first-order valence-corrected chi connectivity index (χ1v) is 7.89. The van der Waals surface area contributed by atoms with E-state index in [-0.39, 0.29) is 23.3 Å². The van der Waals surface area contributed by atoms with Crippen molar-refractivity contribution in [3.8, 4) is 5.75 Å². The summed E-state index contributed by atoms with van der Waals surface area (Å²) in [5.41, 5.74) is 1.71. The van der Waals surface area contributed by atoms with Crippen molar-refractivity contribution in [3.05, 3.63) is 59.7 Å². The second kappa shape index (κ2) is 7.14. The summed E-state index contributed by atoms with van der Waals surface area (Å²) in [6.07, 6.45) is -3.83. The Bertz CT molecular complexity index is 756. The van der Waals surface area contributed by atoms with Gasteiger partial charge in [0.1, 0.15) is 5.75 Å². The van der Waals surface area contributed by atoms with Crippen LogP contribution in [0.3, 0.4) is 0 Å². The Labute approximate surface area is 143 Å². The van der Waals surface area contributed by atoms with Crippen LogP contribution in [-0.4, -0.2) is 25.4 Å². The number of halogens is 3. The van der Waals surface area contributed by atoms with Crippen LogP contribution in [0.4, 0.5) is 18.9 Å². The van der Waals surface area contributed by atoms with Gasteiger partial charge in [-0.25, -0.2) is 0 Å². The normalized spacial score (nSPS) is 17.3. The van der Waals surface area contributed by atoms with Crippen LogP contribution in [0, 0.1) is 0 Å². The minimum Gasteiger partial charge on any atom is -0.406 e. The molecule has 1 saturated heterocycles. The number of hydrogen-bond donors (Lipinski definition) is 2. The van der Waals surface area contributed by atoms with E-state index in [1.807, 2.05) is 12.1 Å². The van der Waals surface area contributed by atoms with Crippen molar-refractivity contribution >= 4 is 11.6 Å². The zero-order valence-electron chi connectivity index (χ0n) is 13.3. The Morgan fingerprint density at radius 3 is 2.68 bits per heavy atom. The smallest absolute Gasteiger partial charge is 0.406 e. The second-order valence-corrected chi connectivity index (χ2v) is 5.81. The molecular weight excluding hydrogens is 333 g/mol. The highest BCUT2D eigenvalue weighted by molar-refractivity contribution is 6.05. The van der Waals surface area contributed by atoms with E-state index in [4.69, 9.17) is 0 Å². The van der Waals surface area contributed by atoms with Crippen LogP contribution in [-0.2, 0) is 0 Å². The van der Waals surface area contributed by atoms with Gasteiger partial charge >= 0.3 is 6.36 Å². The average Bonchev–Trinajstić information content (AvgIpc) is 3.08. The maximum absolute atomic E-state index is 12.6. The molecule has 2 N–H and O–H groups in total. The molecule has 1 atom stereocenters. The van der Waals surface area contributed by atoms with Crippen molar-refractivity contribution in [1.82, 2.24) is 5.32 Å². The first-order valence-electron chi connectivity index (χ1n) is 7.89. The number of amides is 1. The molecule has 1 aliphatic rings. The minimum atomic E-state index is -4.77. The molecule has 132 valence electrons. The van der Waals surface area contributed by atoms with Gasteiger partial charge in [-0.2, -0.15) is 0 Å². The maximum Gasteiger partial charge on any atom is 0.573 e. The highest BCUT2D eigenvalue weighted by Gasteiger charge is 2.31. The van der Waals surface area contributed by atoms with E-state index in [9.17, 15) is 18.0 Å². The van der Waals surface area contributed by atoms with Crippen LogP contribution in [0.5, 0.6) is 5.75 Å². The van der Waals surface area contributed by atoms with Crippen LogP contribution in [0.1, 0.15) is 28.3 Å². The molecule has 0 aromatic heterocycles. The van der Waals surface area contributed by atoms with Gasteiger partial charge in [-0.3, -0.25) is 4.79 Å². The number of nitrogens with one attached hydrogen (secondary N) is 2. The predicted molar refractivity (Wildman–Crippen MR) is 87.7 cm³/mol. The molecule has 4 nitrogen and oxygen atoms in total. The topological polar surface area (TPSA) is 50.4 Å². The molecule has 0 saturated carbocycles. The van der Waals surface area contributed by atoms with Gasteiger partial charge in [0.25, 0.3) is 5.91 Å². The lowest BCUT2D eigenvalue weighted by Gasteiger charge is -2.15.